The van der Waals surface area contributed by atoms with E-state index in [1.165, 1.54) is 9.46 Å². The molecule has 0 radical (unpaired) electrons. The molecule has 1 aromatic heterocycles. The van der Waals surface area contributed by atoms with Crippen LogP contribution in [0.5, 0.6) is 0 Å². The average molecular weight is 274 g/mol. The van der Waals surface area contributed by atoms with Gasteiger partial charge in [0.05, 0.1) is 0 Å². The third kappa shape index (κ3) is 12.8. The summed E-state index contributed by atoms with van der Waals surface area (Å²) in [7, 11) is -7.49. The standard InChI is InChI=1S/C5H9N2O2.F6P/c1-8-6-3-4-7(5-6)9-2;1-7(2,3,4,5)6/h3-5H,1-2H3;/q+1;-1. The van der Waals surface area contributed by atoms with Crippen LogP contribution in [0.4, 0.5) is 25.2 Å². The van der Waals surface area contributed by atoms with Crippen LogP contribution in [0.15, 0.2) is 18.7 Å². The summed E-state index contributed by atoms with van der Waals surface area (Å²) < 4.78 is 62.3. The van der Waals surface area contributed by atoms with E-state index in [1.54, 1.807) is 32.9 Å². The van der Waals surface area contributed by atoms with Crippen LogP contribution in [0.3, 0.4) is 0 Å². The van der Waals surface area contributed by atoms with Crippen molar-refractivity contribution in [3.63, 3.8) is 0 Å². The Morgan fingerprint density at radius 2 is 1.50 bits per heavy atom. The van der Waals surface area contributed by atoms with Gasteiger partial charge in [-0.1, -0.05) is 0 Å². The molecule has 0 fully saturated rings. The van der Waals surface area contributed by atoms with Gasteiger partial charge >= 0.3 is 39.3 Å². The first-order valence-corrected chi connectivity index (χ1v) is 5.59. The summed E-state index contributed by atoms with van der Waals surface area (Å²) in [5.74, 6) is 0. The van der Waals surface area contributed by atoms with Gasteiger partial charge in [-0.25, -0.2) is 0 Å². The number of nitrogens with zero attached hydrogens (tertiary/aromatic N) is 2. The molecule has 0 saturated heterocycles. The number of rotatable bonds is 2. The maximum atomic E-state index is 9.87. The summed E-state index contributed by atoms with van der Waals surface area (Å²) in [6.45, 7) is 0. The molecule has 0 aliphatic carbocycles. The number of hydrogen-bond donors (Lipinski definition) is 0. The monoisotopic (exact) mass is 274 g/mol. The second kappa shape index (κ2) is 3.69. The van der Waals surface area contributed by atoms with Gasteiger partial charge < -0.3 is 9.68 Å². The van der Waals surface area contributed by atoms with Crippen LogP contribution in [0, 0.1) is 0 Å². The molecule has 0 saturated carbocycles. The normalized spacial score (nSPS) is 15.2. The van der Waals surface area contributed by atoms with E-state index in [1.807, 2.05) is 0 Å². The Labute approximate surface area is 86.1 Å². The first-order chi connectivity index (χ1) is 6.81. The molecule has 0 bridgehead atoms. The van der Waals surface area contributed by atoms with Crippen molar-refractivity contribution in [3.8, 4) is 0 Å². The molecule has 11 heteroatoms. The molecule has 1 rings (SSSR count). The molecule has 0 aliphatic heterocycles. The van der Waals surface area contributed by atoms with Gasteiger partial charge in [-0.05, 0) is 9.46 Å². The van der Waals surface area contributed by atoms with E-state index in [0.29, 0.717) is 0 Å². The zero-order valence-corrected chi connectivity index (χ0v) is 9.05. The third-order valence-corrected chi connectivity index (χ3v) is 1.01. The quantitative estimate of drug-likeness (QED) is 0.470. The number of imidazole rings is 1. The fourth-order valence-corrected chi connectivity index (χ4v) is 0.537. The van der Waals surface area contributed by atoms with Gasteiger partial charge in [-0.3, -0.25) is 0 Å². The van der Waals surface area contributed by atoms with Crippen LogP contribution < -0.4 is 14.4 Å². The second-order valence-corrected chi connectivity index (χ2v) is 4.37. The first kappa shape index (κ1) is 14.8. The van der Waals surface area contributed by atoms with Crippen molar-refractivity contribution in [1.82, 2.24) is 4.73 Å². The van der Waals surface area contributed by atoms with Crippen molar-refractivity contribution < 1.29 is 39.6 Å². The van der Waals surface area contributed by atoms with E-state index in [0.717, 1.165) is 0 Å². The van der Waals surface area contributed by atoms with Crippen LogP contribution in [0.25, 0.3) is 0 Å². The van der Waals surface area contributed by atoms with E-state index in [-0.39, 0.29) is 0 Å². The van der Waals surface area contributed by atoms with Gasteiger partial charge in [0.25, 0.3) is 0 Å². The fraction of sp³-hybridized carbons (Fsp3) is 0.400. The van der Waals surface area contributed by atoms with Gasteiger partial charge in [0.2, 0.25) is 0 Å². The average Bonchev–Trinajstić information content (AvgIpc) is 2.45. The molecule has 0 aromatic carbocycles. The zero-order valence-electron chi connectivity index (χ0n) is 8.16. The Morgan fingerprint density at radius 1 is 1.06 bits per heavy atom. The number of hydrogen-bond acceptors (Lipinski definition) is 2. The van der Waals surface area contributed by atoms with Crippen molar-refractivity contribution in [1.29, 1.82) is 0 Å². The Kier molecular flexibility index (Phi) is 3.42. The molecule has 0 N–H and O–H groups in total. The Bertz CT molecular complexity index is 316. The first-order valence-electron chi connectivity index (χ1n) is 3.56. The van der Waals surface area contributed by atoms with Gasteiger partial charge in [0, 0.05) is 0 Å². The fourth-order valence-electron chi connectivity index (χ4n) is 0.537. The van der Waals surface area contributed by atoms with E-state index in [9.17, 15) is 25.2 Å². The molecule has 0 spiro atoms. The SMILES string of the molecule is COn1cc[n+](OC)c1.F[P-](F)(F)(F)(F)F. The molecular formula is C5H9F6N2O2P. The summed E-state index contributed by atoms with van der Waals surface area (Å²) in [6.07, 6.45) is 5.15. The predicted octanol–water partition coefficient (Wildman–Crippen LogP) is 2.27. The molecule has 0 atom stereocenters. The van der Waals surface area contributed by atoms with Crippen LogP contribution >= 0.6 is 7.81 Å². The summed E-state index contributed by atoms with van der Waals surface area (Å²) >= 11 is 0. The van der Waals surface area contributed by atoms with Crippen molar-refractivity contribution in [2.24, 2.45) is 0 Å². The molecule has 1 heterocycles. The summed E-state index contributed by atoms with van der Waals surface area (Å²) in [4.78, 5) is 9.62. The molecule has 0 amide bonds. The summed E-state index contributed by atoms with van der Waals surface area (Å²) in [5.41, 5.74) is 0. The molecule has 16 heavy (non-hydrogen) atoms. The molecular weight excluding hydrogens is 265 g/mol. The minimum atomic E-state index is -10.7. The van der Waals surface area contributed by atoms with Crippen molar-refractivity contribution >= 4 is 7.81 Å². The molecule has 1 aromatic rings. The number of halogens is 6. The van der Waals surface area contributed by atoms with Gasteiger partial charge in [0.1, 0.15) is 14.2 Å². The van der Waals surface area contributed by atoms with E-state index < -0.39 is 7.81 Å². The van der Waals surface area contributed by atoms with Crippen LogP contribution in [0.1, 0.15) is 0 Å². The van der Waals surface area contributed by atoms with Crippen molar-refractivity contribution in [2.75, 3.05) is 14.2 Å². The molecule has 98 valence electrons. The molecule has 0 aliphatic rings. The third-order valence-electron chi connectivity index (χ3n) is 1.01. The second-order valence-electron chi connectivity index (χ2n) is 2.46. The predicted molar refractivity (Wildman–Crippen MR) is 43.2 cm³/mol. The van der Waals surface area contributed by atoms with Gasteiger partial charge in [-0.2, -0.15) is 0 Å². The Morgan fingerprint density at radius 3 is 1.69 bits per heavy atom. The topological polar surface area (TPSA) is 27.3 Å². The molecule has 4 nitrogen and oxygen atoms in total. The van der Waals surface area contributed by atoms with E-state index in [2.05, 4.69) is 0 Å². The van der Waals surface area contributed by atoms with Crippen LogP contribution in [-0.4, -0.2) is 19.0 Å². The van der Waals surface area contributed by atoms with Crippen LogP contribution in [0.2, 0.25) is 0 Å². The van der Waals surface area contributed by atoms with Gasteiger partial charge in [-0.15, -0.1) is 0 Å². The zero-order chi connectivity index (χ0) is 13.1. The molecule has 0 unspecified atom stereocenters. The maximum absolute atomic E-state index is 10.7. The van der Waals surface area contributed by atoms with Gasteiger partial charge in [0.15, 0.2) is 12.4 Å². The number of aromatic nitrogens is 2. The van der Waals surface area contributed by atoms with Crippen LogP contribution in [-0.2, 0) is 0 Å². The van der Waals surface area contributed by atoms with E-state index in [4.69, 9.17) is 9.68 Å². The Balaban J connectivity index is 0.000000293. The van der Waals surface area contributed by atoms with Crippen molar-refractivity contribution in [3.05, 3.63) is 18.7 Å². The van der Waals surface area contributed by atoms with E-state index >= 15 is 0 Å². The van der Waals surface area contributed by atoms with Crippen molar-refractivity contribution in [2.45, 2.75) is 0 Å². The summed E-state index contributed by atoms with van der Waals surface area (Å²) in [6, 6.07) is 0. The minimum absolute atomic E-state index is 1.53. The Hall–Kier alpha value is -1.18. The summed E-state index contributed by atoms with van der Waals surface area (Å²) in [5, 5.41) is 0.